The molecule has 3 heterocycles. The molecule has 5 rings (SSSR count). The molecular formula is C20H28N2O. The highest BCUT2D eigenvalue weighted by atomic mass is 16.3. The molecule has 3 aliphatic heterocycles. The Morgan fingerprint density at radius 3 is 2.96 bits per heavy atom. The Morgan fingerprint density at radius 2 is 2.13 bits per heavy atom. The maximum atomic E-state index is 10.2. The fourth-order valence-electron chi connectivity index (χ4n) is 7.03. The molecular weight excluding hydrogens is 284 g/mol. The molecule has 0 radical (unpaired) electrons. The zero-order chi connectivity index (χ0) is 15.7. The molecule has 124 valence electrons. The van der Waals surface area contributed by atoms with Crippen molar-refractivity contribution in [1.82, 2.24) is 4.90 Å². The summed E-state index contributed by atoms with van der Waals surface area (Å²) in [6, 6.07) is 10.0. The first-order valence-electron chi connectivity index (χ1n) is 9.46. The lowest BCUT2D eigenvalue weighted by Gasteiger charge is -2.60. The van der Waals surface area contributed by atoms with E-state index >= 15 is 0 Å². The van der Waals surface area contributed by atoms with Crippen LogP contribution in [-0.4, -0.2) is 41.8 Å². The summed E-state index contributed by atoms with van der Waals surface area (Å²) in [5, 5.41) is 14.0. The first-order valence-corrected chi connectivity index (χ1v) is 9.46. The van der Waals surface area contributed by atoms with Crippen LogP contribution in [0.1, 0.15) is 44.6 Å². The standard InChI is InChI=1S/C20H28N2O/c1-2-19-8-5-10-22-11-9-20(18(19)22)15-6-3-4-7-16(15)21-17(20)14(12-19)13-23/h3-4,6-7,14,17-18,21,23H,2,5,8-13H2,1H3/t14-,17+,18+,19+,20+/m0/s1. The van der Waals surface area contributed by atoms with Gasteiger partial charge in [0.05, 0.1) is 0 Å². The third-order valence-electron chi connectivity index (χ3n) is 7.74. The number of piperidine rings is 1. The van der Waals surface area contributed by atoms with Gasteiger partial charge in [-0.3, -0.25) is 4.90 Å². The number of nitrogens with one attached hydrogen (secondary N) is 1. The number of nitrogens with zero attached hydrogens (tertiary/aromatic N) is 1. The molecule has 0 unspecified atom stereocenters. The predicted octanol–water partition coefficient (Wildman–Crippen LogP) is 3.00. The number of aliphatic hydroxyl groups is 1. The molecule has 23 heavy (non-hydrogen) atoms. The van der Waals surface area contributed by atoms with Crippen LogP contribution in [0.25, 0.3) is 0 Å². The number of para-hydroxylation sites is 1. The monoisotopic (exact) mass is 312 g/mol. The van der Waals surface area contributed by atoms with Gasteiger partial charge in [-0.15, -0.1) is 0 Å². The largest absolute Gasteiger partial charge is 0.396 e. The summed E-state index contributed by atoms with van der Waals surface area (Å²) in [4.78, 5) is 2.80. The molecule has 0 aromatic heterocycles. The maximum Gasteiger partial charge on any atom is 0.0479 e. The van der Waals surface area contributed by atoms with E-state index < -0.39 is 0 Å². The Bertz CT molecular complexity index is 632. The topological polar surface area (TPSA) is 35.5 Å². The van der Waals surface area contributed by atoms with Crippen LogP contribution in [0.15, 0.2) is 24.3 Å². The van der Waals surface area contributed by atoms with Gasteiger partial charge < -0.3 is 10.4 Å². The number of fused-ring (bicyclic) bond motifs is 1. The van der Waals surface area contributed by atoms with Gasteiger partial charge >= 0.3 is 0 Å². The van der Waals surface area contributed by atoms with Gasteiger partial charge in [-0.25, -0.2) is 0 Å². The quantitative estimate of drug-likeness (QED) is 0.881. The smallest absolute Gasteiger partial charge is 0.0479 e. The van der Waals surface area contributed by atoms with Gasteiger partial charge in [0, 0.05) is 35.7 Å². The summed E-state index contributed by atoms with van der Waals surface area (Å²) in [5.41, 5.74) is 3.49. The molecule has 3 nitrogen and oxygen atoms in total. The van der Waals surface area contributed by atoms with Gasteiger partial charge in [0.2, 0.25) is 0 Å². The molecule has 0 amide bonds. The molecule has 1 aromatic carbocycles. The van der Waals surface area contributed by atoms with E-state index in [1.54, 1.807) is 0 Å². The van der Waals surface area contributed by atoms with Crippen LogP contribution in [-0.2, 0) is 5.41 Å². The summed E-state index contributed by atoms with van der Waals surface area (Å²) >= 11 is 0. The molecule has 5 atom stereocenters. The fourth-order valence-corrected chi connectivity index (χ4v) is 7.03. The number of hydrogen-bond acceptors (Lipinski definition) is 3. The average Bonchev–Trinajstić information content (AvgIpc) is 3.15. The Kier molecular flexibility index (Phi) is 2.94. The zero-order valence-corrected chi connectivity index (χ0v) is 14.1. The lowest BCUT2D eigenvalue weighted by molar-refractivity contribution is -0.0626. The Hall–Kier alpha value is -1.06. The Labute approximate surface area is 139 Å². The molecule has 2 N–H and O–H groups in total. The van der Waals surface area contributed by atoms with E-state index in [1.807, 2.05) is 0 Å². The highest BCUT2D eigenvalue weighted by Crippen LogP contribution is 2.65. The lowest BCUT2D eigenvalue weighted by atomic mass is 9.49. The van der Waals surface area contributed by atoms with Gasteiger partial charge in [0.15, 0.2) is 0 Å². The highest BCUT2D eigenvalue weighted by molar-refractivity contribution is 5.64. The second kappa shape index (κ2) is 4.73. The summed E-state index contributed by atoms with van der Waals surface area (Å²) in [6.45, 7) is 5.21. The number of anilines is 1. The zero-order valence-electron chi connectivity index (χ0n) is 14.1. The molecule has 3 fully saturated rings. The normalized spacial score (nSPS) is 44.3. The molecule has 1 spiro atoms. The lowest BCUT2D eigenvalue weighted by Crippen LogP contribution is -2.66. The number of rotatable bonds is 2. The van der Waals surface area contributed by atoms with Crippen molar-refractivity contribution in [3.8, 4) is 0 Å². The first-order chi connectivity index (χ1) is 11.2. The summed E-state index contributed by atoms with van der Waals surface area (Å²) in [6.07, 6.45) is 6.37. The van der Waals surface area contributed by atoms with Crippen molar-refractivity contribution >= 4 is 5.69 Å². The van der Waals surface area contributed by atoms with Gasteiger partial charge in [-0.2, -0.15) is 0 Å². The second-order valence-corrected chi connectivity index (χ2v) is 8.36. The number of aliphatic hydroxyl groups excluding tert-OH is 1. The number of hydrogen-bond donors (Lipinski definition) is 2. The van der Waals surface area contributed by atoms with E-state index in [0.717, 1.165) is 0 Å². The minimum atomic E-state index is 0.221. The minimum absolute atomic E-state index is 0.221. The molecule has 2 saturated heterocycles. The van der Waals surface area contributed by atoms with Crippen LogP contribution < -0.4 is 5.32 Å². The average molecular weight is 312 g/mol. The van der Waals surface area contributed by atoms with Crippen LogP contribution in [0.5, 0.6) is 0 Å². The molecule has 1 saturated carbocycles. The SMILES string of the molecule is CC[C@@]12CCCN3CC[C@]4(c5ccccc5N[C@@H]4[C@H](CO)C1)[C@H]32. The van der Waals surface area contributed by atoms with Crippen LogP contribution in [0.3, 0.4) is 0 Å². The third kappa shape index (κ3) is 1.58. The van der Waals surface area contributed by atoms with Crippen molar-refractivity contribution in [3.63, 3.8) is 0 Å². The van der Waals surface area contributed by atoms with Gasteiger partial charge in [-0.05, 0) is 62.2 Å². The van der Waals surface area contributed by atoms with Crippen molar-refractivity contribution in [2.75, 3.05) is 25.0 Å². The van der Waals surface area contributed by atoms with Crippen LogP contribution in [0.4, 0.5) is 5.69 Å². The van der Waals surface area contributed by atoms with Crippen molar-refractivity contribution in [1.29, 1.82) is 0 Å². The molecule has 4 aliphatic rings. The summed E-state index contributed by atoms with van der Waals surface area (Å²) in [5.74, 6) is 0.386. The predicted molar refractivity (Wildman–Crippen MR) is 92.7 cm³/mol. The van der Waals surface area contributed by atoms with E-state index in [4.69, 9.17) is 0 Å². The molecule has 1 aliphatic carbocycles. The van der Waals surface area contributed by atoms with Gasteiger partial charge in [0.25, 0.3) is 0 Å². The molecule has 3 heteroatoms. The van der Waals surface area contributed by atoms with E-state index in [9.17, 15) is 5.11 Å². The maximum absolute atomic E-state index is 10.2. The van der Waals surface area contributed by atoms with Crippen molar-refractivity contribution in [3.05, 3.63) is 29.8 Å². The molecule has 0 bridgehead atoms. The Balaban J connectivity index is 1.74. The minimum Gasteiger partial charge on any atom is -0.396 e. The van der Waals surface area contributed by atoms with Crippen molar-refractivity contribution < 1.29 is 5.11 Å². The fraction of sp³-hybridized carbons (Fsp3) is 0.700. The van der Waals surface area contributed by atoms with E-state index in [1.165, 1.54) is 56.4 Å². The van der Waals surface area contributed by atoms with Crippen molar-refractivity contribution in [2.24, 2.45) is 11.3 Å². The summed E-state index contributed by atoms with van der Waals surface area (Å²) < 4.78 is 0. The molecule has 1 aromatic rings. The van der Waals surface area contributed by atoms with Gasteiger partial charge in [-0.1, -0.05) is 25.1 Å². The third-order valence-corrected chi connectivity index (χ3v) is 7.74. The second-order valence-electron chi connectivity index (χ2n) is 8.36. The number of benzene rings is 1. The summed E-state index contributed by atoms with van der Waals surface area (Å²) in [7, 11) is 0. The van der Waals surface area contributed by atoms with E-state index in [0.29, 0.717) is 30.0 Å². The van der Waals surface area contributed by atoms with E-state index in [2.05, 4.69) is 41.4 Å². The van der Waals surface area contributed by atoms with E-state index in [-0.39, 0.29) is 5.41 Å². The Morgan fingerprint density at radius 1 is 1.26 bits per heavy atom. The van der Waals surface area contributed by atoms with Gasteiger partial charge in [0.1, 0.15) is 0 Å². The first kappa shape index (κ1) is 14.3. The van der Waals surface area contributed by atoms with Crippen LogP contribution in [0.2, 0.25) is 0 Å². The van der Waals surface area contributed by atoms with Crippen LogP contribution in [0, 0.1) is 11.3 Å². The highest BCUT2D eigenvalue weighted by Gasteiger charge is 2.68. The van der Waals surface area contributed by atoms with Crippen LogP contribution >= 0.6 is 0 Å². The van der Waals surface area contributed by atoms with Crippen molar-refractivity contribution in [2.45, 2.75) is 56.5 Å².